The zero-order valence-corrected chi connectivity index (χ0v) is 13.5. The average molecular weight is 252 g/mol. The van der Waals surface area contributed by atoms with E-state index in [0.29, 0.717) is 0 Å². The first-order valence-corrected chi connectivity index (χ1v) is 6.65. The Balaban J connectivity index is 0. The van der Waals surface area contributed by atoms with Crippen molar-refractivity contribution in [2.24, 2.45) is 0 Å². The van der Waals surface area contributed by atoms with Gasteiger partial charge in [-0.3, -0.25) is 0 Å². The Morgan fingerprint density at radius 2 is 1.44 bits per heavy atom. The van der Waals surface area contributed by atoms with E-state index in [1.807, 2.05) is 6.92 Å². The molecule has 0 unspecified atom stereocenters. The molecule has 0 spiro atoms. The van der Waals surface area contributed by atoms with Crippen LogP contribution in [0.25, 0.3) is 0 Å². The first kappa shape index (κ1) is 19.3. The number of hydrogen-bond donors (Lipinski definition) is 0. The van der Waals surface area contributed by atoms with E-state index < -0.39 is 0 Å². The summed E-state index contributed by atoms with van der Waals surface area (Å²) in [4.78, 5) is 4.32. The second-order valence-electron chi connectivity index (χ2n) is 5.03. The summed E-state index contributed by atoms with van der Waals surface area (Å²) in [6.45, 7) is 18.3. The lowest BCUT2D eigenvalue weighted by Gasteiger charge is -2.22. The highest BCUT2D eigenvalue weighted by atomic mass is 15.2. The first-order chi connectivity index (χ1) is 8.26. The highest BCUT2D eigenvalue weighted by molar-refractivity contribution is 5.30. The molecule has 0 rings (SSSR count). The minimum absolute atomic E-state index is 0.992. The molecule has 0 aromatic carbocycles. The molecule has 0 saturated heterocycles. The van der Waals surface area contributed by atoms with Crippen LogP contribution in [-0.2, 0) is 0 Å². The van der Waals surface area contributed by atoms with E-state index in [2.05, 4.69) is 70.9 Å². The van der Waals surface area contributed by atoms with Crippen LogP contribution in [0.1, 0.15) is 34.1 Å². The summed E-state index contributed by atoms with van der Waals surface area (Å²) in [7, 11) is 6.21. The van der Waals surface area contributed by atoms with Gasteiger partial charge in [-0.05, 0) is 39.6 Å². The highest BCUT2D eigenvalue weighted by Gasteiger charge is 2.00. The van der Waals surface area contributed by atoms with Crippen LogP contribution in [0, 0.1) is 0 Å². The normalized spacial score (nSPS) is 10.8. The number of hydrogen-bond acceptors (Lipinski definition) is 2. The van der Waals surface area contributed by atoms with E-state index in [1.165, 1.54) is 12.0 Å². The molecule has 0 aliphatic carbocycles. The van der Waals surface area contributed by atoms with E-state index in [1.54, 1.807) is 0 Å². The minimum Gasteiger partial charge on any atom is -0.374 e. The Labute approximate surface area is 115 Å². The van der Waals surface area contributed by atoms with Crippen molar-refractivity contribution in [2.45, 2.75) is 34.1 Å². The molecule has 0 N–H and O–H groups in total. The smallest absolute Gasteiger partial charge is 0.0302 e. The molecule has 0 bridgehead atoms. The molecule has 0 fully saturated rings. The second-order valence-corrected chi connectivity index (χ2v) is 5.03. The van der Waals surface area contributed by atoms with Crippen LogP contribution in [0.5, 0.6) is 0 Å². The summed E-state index contributed by atoms with van der Waals surface area (Å²) in [5, 5.41) is 0. The van der Waals surface area contributed by atoms with E-state index in [-0.39, 0.29) is 0 Å². The van der Waals surface area contributed by atoms with Crippen LogP contribution in [-0.4, -0.2) is 44.0 Å². The van der Waals surface area contributed by atoms with Crippen LogP contribution in [0.3, 0.4) is 0 Å². The molecular formula is C16H32N2. The third-order valence-electron chi connectivity index (χ3n) is 2.43. The maximum Gasteiger partial charge on any atom is 0.0302 e. The summed E-state index contributed by atoms with van der Waals surface area (Å²) < 4.78 is 0. The number of rotatable bonds is 6. The molecule has 106 valence electrons. The standard InChI is InChI=1S/C13H24N2.C3H8/c1-11(2)12(3)10-13(4)15(7)9-8-14(5)6;1-3-2/h10H,1,4,8-9H2,2-3,5-7H3;3H2,1-2H3/b12-10-;. The lowest BCUT2D eigenvalue weighted by molar-refractivity contribution is 0.331. The molecule has 0 atom stereocenters. The number of nitrogens with zero attached hydrogens (tertiary/aromatic N) is 2. The topological polar surface area (TPSA) is 6.48 Å². The van der Waals surface area contributed by atoms with Gasteiger partial charge in [0.2, 0.25) is 0 Å². The van der Waals surface area contributed by atoms with Gasteiger partial charge in [-0.25, -0.2) is 0 Å². The molecule has 0 aromatic heterocycles. The van der Waals surface area contributed by atoms with Crippen molar-refractivity contribution in [3.8, 4) is 0 Å². The Morgan fingerprint density at radius 1 is 1.00 bits per heavy atom. The zero-order valence-electron chi connectivity index (χ0n) is 13.5. The molecule has 0 saturated carbocycles. The maximum atomic E-state index is 4.04. The van der Waals surface area contributed by atoms with Crippen LogP contribution in [0.2, 0.25) is 0 Å². The van der Waals surface area contributed by atoms with Gasteiger partial charge in [-0.2, -0.15) is 0 Å². The van der Waals surface area contributed by atoms with Gasteiger partial charge in [0.25, 0.3) is 0 Å². The number of allylic oxidation sites excluding steroid dienone is 3. The number of likely N-dealkylation sites (N-methyl/N-ethyl adjacent to an activating group) is 2. The lowest BCUT2D eigenvalue weighted by atomic mass is 10.1. The van der Waals surface area contributed by atoms with Crippen molar-refractivity contribution in [3.63, 3.8) is 0 Å². The van der Waals surface area contributed by atoms with Crippen LogP contribution in [0.4, 0.5) is 0 Å². The van der Waals surface area contributed by atoms with Crippen LogP contribution >= 0.6 is 0 Å². The Hall–Kier alpha value is -1.02. The fraction of sp³-hybridized carbons (Fsp3) is 0.625. The second kappa shape index (κ2) is 11.1. The largest absolute Gasteiger partial charge is 0.374 e. The van der Waals surface area contributed by atoms with Gasteiger partial charge < -0.3 is 9.80 Å². The quantitative estimate of drug-likeness (QED) is 0.661. The Morgan fingerprint density at radius 3 is 1.78 bits per heavy atom. The van der Waals surface area contributed by atoms with Gasteiger partial charge in [0.15, 0.2) is 0 Å². The third-order valence-corrected chi connectivity index (χ3v) is 2.43. The van der Waals surface area contributed by atoms with Gasteiger partial charge in [0.1, 0.15) is 0 Å². The molecule has 0 aliphatic rings. The van der Waals surface area contributed by atoms with Crippen molar-refractivity contribution in [2.75, 3.05) is 34.2 Å². The average Bonchev–Trinajstić information content (AvgIpc) is 2.26. The fourth-order valence-corrected chi connectivity index (χ4v) is 0.977. The molecule has 18 heavy (non-hydrogen) atoms. The van der Waals surface area contributed by atoms with E-state index in [9.17, 15) is 0 Å². The predicted octanol–water partition coefficient (Wildman–Crippen LogP) is 3.93. The van der Waals surface area contributed by atoms with Gasteiger partial charge in [-0.15, -0.1) is 0 Å². The highest BCUT2D eigenvalue weighted by Crippen LogP contribution is 2.10. The minimum atomic E-state index is 0.992. The van der Waals surface area contributed by atoms with Crippen LogP contribution < -0.4 is 0 Å². The van der Waals surface area contributed by atoms with Gasteiger partial charge in [0.05, 0.1) is 0 Å². The fourth-order valence-electron chi connectivity index (χ4n) is 0.977. The van der Waals surface area contributed by atoms with Crippen molar-refractivity contribution >= 4 is 0 Å². The van der Waals surface area contributed by atoms with Crippen LogP contribution in [0.15, 0.2) is 36.1 Å². The molecule has 0 radical (unpaired) electrons. The monoisotopic (exact) mass is 252 g/mol. The van der Waals surface area contributed by atoms with Crippen molar-refractivity contribution in [1.29, 1.82) is 0 Å². The molecule has 0 amide bonds. The molecule has 0 heterocycles. The molecule has 0 aliphatic heterocycles. The first-order valence-electron chi connectivity index (χ1n) is 6.65. The van der Waals surface area contributed by atoms with Crippen molar-refractivity contribution < 1.29 is 0 Å². The van der Waals surface area contributed by atoms with Gasteiger partial charge in [0, 0.05) is 25.8 Å². The summed E-state index contributed by atoms with van der Waals surface area (Å²) in [6, 6.07) is 0. The van der Waals surface area contributed by atoms with Gasteiger partial charge >= 0.3 is 0 Å². The zero-order chi connectivity index (χ0) is 14.7. The maximum absolute atomic E-state index is 4.04. The van der Waals surface area contributed by atoms with E-state index >= 15 is 0 Å². The van der Waals surface area contributed by atoms with Gasteiger partial charge in [-0.1, -0.05) is 39.0 Å². The molecular weight excluding hydrogens is 220 g/mol. The lowest BCUT2D eigenvalue weighted by Crippen LogP contribution is -2.27. The van der Waals surface area contributed by atoms with E-state index in [0.717, 1.165) is 24.4 Å². The summed E-state index contributed by atoms with van der Waals surface area (Å²) in [5.41, 5.74) is 3.33. The molecule has 2 nitrogen and oxygen atoms in total. The Bertz CT molecular complexity index is 275. The molecule has 2 heteroatoms. The molecule has 0 aromatic rings. The van der Waals surface area contributed by atoms with Crippen molar-refractivity contribution in [1.82, 2.24) is 9.80 Å². The van der Waals surface area contributed by atoms with Crippen molar-refractivity contribution in [3.05, 3.63) is 36.1 Å². The summed E-state index contributed by atoms with van der Waals surface area (Å²) >= 11 is 0. The summed E-state index contributed by atoms with van der Waals surface area (Å²) in [6.07, 6.45) is 3.33. The summed E-state index contributed by atoms with van der Waals surface area (Å²) in [5.74, 6) is 0. The predicted molar refractivity (Wildman–Crippen MR) is 84.9 cm³/mol. The Kier molecular flexibility index (Phi) is 11.9. The SMILES string of the molecule is C=C(C)/C(C)=C\C(=C)N(C)CCN(C)C.CCC. The third kappa shape index (κ3) is 11.5. The van der Waals surface area contributed by atoms with E-state index in [4.69, 9.17) is 0 Å².